The van der Waals surface area contributed by atoms with E-state index in [2.05, 4.69) is 21.3 Å². The summed E-state index contributed by atoms with van der Waals surface area (Å²) in [6.45, 7) is 3.95. The second kappa shape index (κ2) is 5.82. The summed E-state index contributed by atoms with van der Waals surface area (Å²) in [7, 11) is 0. The molecule has 1 saturated heterocycles. The second-order valence-electron chi connectivity index (χ2n) is 6.26. The monoisotopic (exact) mass is 316 g/mol. The van der Waals surface area contributed by atoms with E-state index in [4.69, 9.17) is 9.47 Å². The first-order valence-corrected chi connectivity index (χ1v) is 7.88. The van der Waals surface area contributed by atoms with Crippen molar-refractivity contribution >= 4 is 0 Å². The maximum atomic E-state index is 10.7. The van der Waals surface area contributed by atoms with Gasteiger partial charge in [0.2, 0.25) is 0 Å². The minimum Gasteiger partial charge on any atom is -0.486 e. The van der Waals surface area contributed by atoms with Gasteiger partial charge in [-0.3, -0.25) is 4.90 Å². The Labute approximate surface area is 134 Å². The van der Waals surface area contributed by atoms with Crippen molar-refractivity contribution in [3.63, 3.8) is 0 Å². The fraction of sp³-hybridized carbons (Fsp3) is 0.500. The molecule has 0 radical (unpaired) electrons. The number of rotatable bonds is 4. The number of hydrogen-bond donors (Lipinski definition) is 1. The lowest BCUT2D eigenvalue weighted by Gasteiger charge is -2.24. The van der Waals surface area contributed by atoms with Gasteiger partial charge < -0.3 is 14.6 Å². The van der Waals surface area contributed by atoms with Gasteiger partial charge >= 0.3 is 0 Å². The van der Waals surface area contributed by atoms with Crippen LogP contribution in [-0.2, 0) is 13.1 Å². The molecule has 1 aromatic carbocycles. The van der Waals surface area contributed by atoms with Crippen molar-refractivity contribution in [1.29, 1.82) is 0 Å². The number of benzene rings is 1. The fourth-order valence-corrected chi connectivity index (χ4v) is 3.27. The molecule has 1 N–H and O–H groups in total. The van der Waals surface area contributed by atoms with Gasteiger partial charge in [0.1, 0.15) is 13.2 Å². The largest absolute Gasteiger partial charge is 0.486 e. The topological polar surface area (TPSA) is 72.6 Å². The zero-order valence-corrected chi connectivity index (χ0v) is 12.9. The zero-order chi connectivity index (χ0) is 15.7. The molecule has 1 fully saturated rings. The first kappa shape index (κ1) is 14.5. The van der Waals surface area contributed by atoms with E-state index >= 15 is 0 Å². The van der Waals surface area contributed by atoms with Crippen LogP contribution in [0.2, 0.25) is 0 Å². The second-order valence-corrected chi connectivity index (χ2v) is 6.26. The molecule has 7 nitrogen and oxygen atoms in total. The third-order valence-electron chi connectivity index (χ3n) is 4.35. The van der Waals surface area contributed by atoms with Gasteiger partial charge in [-0.15, -0.1) is 5.10 Å². The van der Waals surface area contributed by atoms with Gasteiger partial charge in [-0.25, -0.2) is 4.68 Å². The summed E-state index contributed by atoms with van der Waals surface area (Å²) in [5, 5.41) is 18.5. The predicted octanol–water partition coefficient (Wildman–Crippen LogP) is 0.686. The molecule has 2 aromatic rings. The highest BCUT2D eigenvalue weighted by atomic mass is 16.6. The maximum Gasteiger partial charge on any atom is 0.161 e. The smallest absolute Gasteiger partial charge is 0.161 e. The molecule has 4 rings (SSSR count). The van der Waals surface area contributed by atoms with Gasteiger partial charge in [-0.2, -0.15) is 0 Å². The number of aliphatic hydroxyl groups is 1. The molecule has 0 amide bonds. The number of β-amino-alcohol motifs (C(OH)–C–C–N with tert-alkyl or cyclic N) is 1. The molecule has 1 unspecified atom stereocenters. The molecule has 23 heavy (non-hydrogen) atoms. The van der Waals surface area contributed by atoms with E-state index in [-0.39, 0.29) is 0 Å². The molecule has 1 aromatic heterocycles. The molecular weight excluding hydrogens is 296 g/mol. The van der Waals surface area contributed by atoms with Crippen LogP contribution in [-0.4, -0.2) is 56.9 Å². The molecule has 3 heterocycles. The lowest BCUT2D eigenvalue weighted by atomic mass is 10.0. The van der Waals surface area contributed by atoms with Gasteiger partial charge in [0.25, 0.3) is 0 Å². The highest BCUT2D eigenvalue weighted by molar-refractivity contribution is 5.43. The highest BCUT2D eigenvalue weighted by Gasteiger charge is 2.36. The van der Waals surface area contributed by atoms with Gasteiger partial charge in [0, 0.05) is 25.8 Å². The van der Waals surface area contributed by atoms with Gasteiger partial charge in [0.15, 0.2) is 11.5 Å². The minimum absolute atomic E-state index is 0.477. The summed E-state index contributed by atoms with van der Waals surface area (Å²) in [6.07, 6.45) is 4.14. The van der Waals surface area contributed by atoms with E-state index < -0.39 is 5.60 Å². The average molecular weight is 316 g/mol. The standard InChI is InChI=1S/C16H20N4O3/c21-16(12-20-6-4-17-18-20)3-5-19(11-16)10-13-1-2-14-15(9-13)23-8-7-22-14/h1-2,4,6,9,21H,3,5,7-8,10-12H2. The Hall–Kier alpha value is -2.12. The van der Waals surface area contributed by atoms with E-state index in [0.29, 0.717) is 26.3 Å². The molecule has 122 valence electrons. The van der Waals surface area contributed by atoms with Crippen molar-refractivity contribution < 1.29 is 14.6 Å². The van der Waals surface area contributed by atoms with Crippen LogP contribution in [0.3, 0.4) is 0 Å². The van der Waals surface area contributed by atoms with Crippen LogP contribution in [0, 0.1) is 0 Å². The molecular formula is C16H20N4O3. The SMILES string of the molecule is OC1(Cn2ccnn2)CCN(Cc2ccc3c(c2)OCCO3)C1. The molecule has 0 spiro atoms. The van der Waals surface area contributed by atoms with Gasteiger partial charge in [-0.1, -0.05) is 11.3 Å². The third kappa shape index (κ3) is 3.16. The van der Waals surface area contributed by atoms with E-state index in [1.54, 1.807) is 17.1 Å². The first-order valence-electron chi connectivity index (χ1n) is 7.88. The van der Waals surface area contributed by atoms with Crippen LogP contribution in [0.15, 0.2) is 30.6 Å². The van der Waals surface area contributed by atoms with Gasteiger partial charge in [-0.05, 0) is 24.1 Å². The number of fused-ring (bicyclic) bond motifs is 1. The quantitative estimate of drug-likeness (QED) is 0.894. The van der Waals surface area contributed by atoms with E-state index in [1.807, 2.05) is 12.1 Å². The normalized spacial score (nSPS) is 24.0. The fourth-order valence-electron chi connectivity index (χ4n) is 3.27. The minimum atomic E-state index is -0.748. The van der Waals surface area contributed by atoms with Crippen molar-refractivity contribution in [2.75, 3.05) is 26.3 Å². The molecule has 0 aliphatic carbocycles. The summed E-state index contributed by atoms with van der Waals surface area (Å²) in [5.74, 6) is 1.62. The van der Waals surface area contributed by atoms with Crippen LogP contribution in [0.4, 0.5) is 0 Å². The Morgan fingerprint density at radius 3 is 2.91 bits per heavy atom. The average Bonchev–Trinajstić information content (AvgIpc) is 3.17. The summed E-state index contributed by atoms with van der Waals surface area (Å²) in [5.41, 5.74) is 0.417. The van der Waals surface area contributed by atoms with Crippen molar-refractivity contribution in [2.45, 2.75) is 25.1 Å². The molecule has 0 bridgehead atoms. The lowest BCUT2D eigenvalue weighted by molar-refractivity contribution is 0.0274. The molecule has 2 aliphatic heterocycles. The summed E-state index contributed by atoms with van der Waals surface area (Å²) >= 11 is 0. The Kier molecular flexibility index (Phi) is 3.66. The van der Waals surface area contributed by atoms with E-state index in [9.17, 15) is 5.11 Å². The number of aromatic nitrogens is 3. The number of hydrogen-bond acceptors (Lipinski definition) is 6. The van der Waals surface area contributed by atoms with Gasteiger partial charge in [0.05, 0.1) is 18.3 Å². The van der Waals surface area contributed by atoms with E-state index in [0.717, 1.165) is 31.0 Å². The maximum absolute atomic E-state index is 10.7. The van der Waals surface area contributed by atoms with Crippen LogP contribution >= 0.6 is 0 Å². The lowest BCUT2D eigenvalue weighted by Crippen LogP contribution is -2.37. The Bertz CT molecular complexity index is 676. The zero-order valence-electron chi connectivity index (χ0n) is 12.9. The van der Waals surface area contributed by atoms with Crippen LogP contribution in [0.25, 0.3) is 0 Å². The molecule has 7 heteroatoms. The summed E-state index contributed by atoms with van der Waals surface area (Å²) in [6, 6.07) is 6.05. The van der Waals surface area contributed by atoms with E-state index in [1.165, 1.54) is 5.56 Å². The number of nitrogens with zero attached hydrogens (tertiary/aromatic N) is 4. The molecule has 1 atom stereocenters. The van der Waals surface area contributed by atoms with Crippen molar-refractivity contribution in [2.24, 2.45) is 0 Å². The summed E-state index contributed by atoms with van der Waals surface area (Å²) in [4.78, 5) is 2.25. The number of likely N-dealkylation sites (tertiary alicyclic amines) is 1. The molecule has 0 saturated carbocycles. The highest BCUT2D eigenvalue weighted by Crippen LogP contribution is 2.32. The van der Waals surface area contributed by atoms with Crippen LogP contribution < -0.4 is 9.47 Å². The predicted molar refractivity (Wildman–Crippen MR) is 82.3 cm³/mol. The Morgan fingerprint density at radius 1 is 1.22 bits per heavy atom. The Morgan fingerprint density at radius 2 is 2.09 bits per heavy atom. The molecule has 2 aliphatic rings. The number of ether oxygens (including phenoxy) is 2. The Balaban J connectivity index is 1.40. The first-order chi connectivity index (χ1) is 11.2. The van der Waals surface area contributed by atoms with Crippen molar-refractivity contribution in [1.82, 2.24) is 19.9 Å². The summed E-state index contributed by atoms with van der Waals surface area (Å²) < 4.78 is 12.9. The van der Waals surface area contributed by atoms with Crippen molar-refractivity contribution in [3.8, 4) is 11.5 Å². The third-order valence-corrected chi connectivity index (χ3v) is 4.35. The van der Waals surface area contributed by atoms with Crippen LogP contribution in [0.1, 0.15) is 12.0 Å². The van der Waals surface area contributed by atoms with Crippen molar-refractivity contribution in [3.05, 3.63) is 36.2 Å². The van der Waals surface area contributed by atoms with Crippen LogP contribution in [0.5, 0.6) is 11.5 Å².